The SMILES string of the molecule is Cc1ccccc1-c1nsc(N2CCCN(c3ccc(C(F)(F)F)cn3)CC2)n1. The maximum absolute atomic E-state index is 12.7. The number of benzene rings is 1. The van der Waals surface area contributed by atoms with Crippen molar-refractivity contribution in [3.8, 4) is 11.4 Å². The molecule has 152 valence electrons. The molecular weight excluding hydrogens is 399 g/mol. The third-order valence-electron chi connectivity index (χ3n) is 4.97. The first kappa shape index (κ1) is 19.6. The molecule has 0 bridgehead atoms. The van der Waals surface area contributed by atoms with Crippen LogP contribution in [0.15, 0.2) is 42.6 Å². The largest absolute Gasteiger partial charge is 0.417 e. The van der Waals surface area contributed by atoms with Crippen molar-refractivity contribution < 1.29 is 13.2 Å². The highest BCUT2D eigenvalue weighted by molar-refractivity contribution is 7.09. The molecule has 0 amide bonds. The quantitative estimate of drug-likeness (QED) is 0.619. The first-order valence-electron chi connectivity index (χ1n) is 9.35. The Labute approximate surface area is 171 Å². The van der Waals surface area contributed by atoms with Crippen molar-refractivity contribution in [3.63, 3.8) is 0 Å². The van der Waals surface area contributed by atoms with Crippen molar-refractivity contribution in [1.82, 2.24) is 14.3 Å². The molecule has 2 aromatic heterocycles. The summed E-state index contributed by atoms with van der Waals surface area (Å²) >= 11 is 1.38. The summed E-state index contributed by atoms with van der Waals surface area (Å²) in [5, 5.41) is 0.866. The summed E-state index contributed by atoms with van der Waals surface area (Å²) in [6, 6.07) is 10.6. The van der Waals surface area contributed by atoms with Gasteiger partial charge in [0.15, 0.2) is 5.82 Å². The molecule has 3 aromatic rings. The van der Waals surface area contributed by atoms with Crippen molar-refractivity contribution in [3.05, 3.63) is 53.7 Å². The van der Waals surface area contributed by atoms with Gasteiger partial charge < -0.3 is 9.80 Å². The minimum absolute atomic E-state index is 0.567. The number of aromatic nitrogens is 3. The molecule has 29 heavy (non-hydrogen) atoms. The van der Waals surface area contributed by atoms with Crippen molar-refractivity contribution in [1.29, 1.82) is 0 Å². The lowest BCUT2D eigenvalue weighted by atomic mass is 10.1. The number of hydrogen-bond acceptors (Lipinski definition) is 6. The zero-order valence-corrected chi connectivity index (χ0v) is 16.7. The highest BCUT2D eigenvalue weighted by atomic mass is 32.1. The van der Waals surface area contributed by atoms with Gasteiger partial charge in [-0.2, -0.15) is 22.5 Å². The minimum Gasteiger partial charge on any atom is -0.355 e. The first-order chi connectivity index (χ1) is 13.9. The minimum atomic E-state index is -4.37. The molecule has 0 radical (unpaired) electrons. The Balaban J connectivity index is 1.45. The van der Waals surface area contributed by atoms with E-state index in [2.05, 4.69) is 14.3 Å². The average molecular weight is 419 g/mol. The highest BCUT2D eigenvalue weighted by Crippen LogP contribution is 2.30. The smallest absolute Gasteiger partial charge is 0.355 e. The molecule has 5 nitrogen and oxygen atoms in total. The van der Waals surface area contributed by atoms with Crippen molar-refractivity contribution >= 4 is 22.5 Å². The molecule has 0 aliphatic carbocycles. The zero-order valence-electron chi connectivity index (χ0n) is 15.9. The molecule has 1 aromatic carbocycles. The third-order valence-corrected chi connectivity index (χ3v) is 5.74. The van der Waals surface area contributed by atoms with E-state index >= 15 is 0 Å². The number of pyridine rings is 1. The molecule has 1 saturated heterocycles. The fraction of sp³-hybridized carbons (Fsp3) is 0.350. The molecule has 1 aliphatic rings. The summed E-state index contributed by atoms with van der Waals surface area (Å²) < 4.78 is 42.7. The number of nitrogens with zero attached hydrogens (tertiary/aromatic N) is 5. The van der Waals surface area contributed by atoms with E-state index in [1.165, 1.54) is 17.6 Å². The molecule has 9 heteroatoms. The van der Waals surface area contributed by atoms with Gasteiger partial charge in [-0.3, -0.25) is 0 Å². The van der Waals surface area contributed by atoms with E-state index < -0.39 is 11.7 Å². The van der Waals surface area contributed by atoms with Crippen LogP contribution >= 0.6 is 11.5 Å². The van der Waals surface area contributed by atoms with Gasteiger partial charge in [-0.05, 0) is 31.0 Å². The van der Waals surface area contributed by atoms with Crippen LogP contribution in [0.2, 0.25) is 0 Å². The molecular formula is C20H20F3N5S. The highest BCUT2D eigenvalue weighted by Gasteiger charge is 2.31. The molecule has 0 atom stereocenters. The van der Waals surface area contributed by atoms with Gasteiger partial charge >= 0.3 is 6.18 Å². The van der Waals surface area contributed by atoms with Crippen LogP contribution in [0.25, 0.3) is 11.4 Å². The second kappa shape index (κ2) is 7.98. The van der Waals surface area contributed by atoms with Gasteiger partial charge in [0.05, 0.1) is 5.56 Å². The predicted molar refractivity (Wildman–Crippen MR) is 108 cm³/mol. The van der Waals surface area contributed by atoms with Gasteiger partial charge in [0.25, 0.3) is 0 Å². The topological polar surface area (TPSA) is 45.2 Å². The number of hydrogen-bond donors (Lipinski definition) is 0. The summed E-state index contributed by atoms with van der Waals surface area (Å²) in [7, 11) is 0. The molecule has 0 saturated carbocycles. The van der Waals surface area contributed by atoms with Crippen molar-refractivity contribution in [2.75, 3.05) is 36.0 Å². The van der Waals surface area contributed by atoms with Crippen LogP contribution in [0.3, 0.4) is 0 Å². The van der Waals surface area contributed by atoms with E-state index in [0.717, 1.165) is 53.9 Å². The summed E-state index contributed by atoms with van der Waals surface area (Å²) in [4.78, 5) is 12.9. The summed E-state index contributed by atoms with van der Waals surface area (Å²) in [6.45, 7) is 4.97. The third kappa shape index (κ3) is 4.34. The van der Waals surface area contributed by atoms with Gasteiger partial charge in [0, 0.05) is 49.5 Å². The Morgan fingerprint density at radius 3 is 2.45 bits per heavy atom. The van der Waals surface area contributed by atoms with Gasteiger partial charge in [-0.15, -0.1) is 0 Å². The molecule has 1 aliphatic heterocycles. The Hall–Kier alpha value is -2.68. The molecule has 0 N–H and O–H groups in total. The van der Waals surface area contributed by atoms with Crippen LogP contribution in [-0.4, -0.2) is 40.5 Å². The van der Waals surface area contributed by atoms with Gasteiger partial charge in [0.2, 0.25) is 5.13 Å². The maximum Gasteiger partial charge on any atom is 0.417 e. The average Bonchev–Trinajstić information content (AvgIpc) is 3.05. The first-order valence-corrected chi connectivity index (χ1v) is 10.1. The monoisotopic (exact) mass is 419 g/mol. The van der Waals surface area contributed by atoms with Crippen LogP contribution in [0.4, 0.5) is 24.1 Å². The lowest BCUT2D eigenvalue weighted by molar-refractivity contribution is -0.137. The van der Waals surface area contributed by atoms with E-state index in [4.69, 9.17) is 4.98 Å². The second-order valence-corrected chi connectivity index (χ2v) is 7.68. The van der Waals surface area contributed by atoms with Crippen LogP contribution in [0.1, 0.15) is 17.5 Å². The van der Waals surface area contributed by atoms with Gasteiger partial charge in [-0.25, -0.2) is 4.98 Å². The van der Waals surface area contributed by atoms with Crippen molar-refractivity contribution in [2.45, 2.75) is 19.5 Å². The Bertz CT molecular complexity index is 971. The number of aryl methyl sites for hydroxylation is 1. The molecule has 1 fully saturated rings. The predicted octanol–water partition coefficient (Wildman–Crippen LogP) is 4.64. The van der Waals surface area contributed by atoms with Gasteiger partial charge in [0.1, 0.15) is 5.82 Å². The number of halogens is 3. The zero-order chi connectivity index (χ0) is 20.4. The Morgan fingerprint density at radius 1 is 0.966 bits per heavy atom. The van der Waals surface area contributed by atoms with E-state index in [-0.39, 0.29) is 0 Å². The van der Waals surface area contributed by atoms with Crippen LogP contribution < -0.4 is 9.80 Å². The normalized spacial score (nSPS) is 15.4. The lowest BCUT2D eigenvalue weighted by Crippen LogP contribution is -2.31. The maximum atomic E-state index is 12.7. The lowest BCUT2D eigenvalue weighted by Gasteiger charge is -2.22. The van der Waals surface area contributed by atoms with E-state index in [1.54, 1.807) is 0 Å². The number of alkyl halides is 3. The number of rotatable bonds is 3. The number of anilines is 2. The summed E-state index contributed by atoms with van der Waals surface area (Å²) in [6.07, 6.45) is -2.60. The fourth-order valence-electron chi connectivity index (χ4n) is 3.36. The molecule has 0 unspecified atom stereocenters. The summed E-state index contributed by atoms with van der Waals surface area (Å²) in [5.41, 5.74) is 1.43. The van der Waals surface area contributed by atoms with E-state index in [9.17, 15) is 13.2 Å². The van der Waals surface area contributed by atoms with E-state index in [0.29, 0.717) is 18.9 Å². The summed E-state index contributed by atoms with van der Waals surface area (Å²) in [5.74, 6) is 1.30. The Kier molecular flexibility index (Phi) is 5.40. The van der Waals surface area contributed by atoms with Crippen LogP contribution in [0, 0.1) is 6.92 Å². The molecule has 0 spiro atoms. The van der Waals surface area contributed by atoms with Crippen LogP contribution in [0.5, 0.6) is 0 Å². The van der Waals surface area contributed by atoms with Crippen molar-refractivity contribution in [2.24, 2.45) is 0 Å². The standard InChI is InChI=1S/C20H20F3N5S/c1-14-5-2-3-6-16(14)18-25-19(29-26-18)28-10-4-9-27(11-12-28)17-8-7-15(13-24-17)20(21,22)23/h2-3,5-8,13H,4,9-12H2,1H3. The fourth-order valence-corrected chi connectivity index (χ4v) is 4.09. The molecule has 4 rings (SSSR count). The molecule has 3 heterocycles. The second-order valence-electron chi connectivity index (χ2n) is 6.95. The Morgan fingerprint density at radius 2 is 1.72 bits per heavy atom. The van der Waals surface area contributed by atoms with Gasteiger partial charge in [-0.1, -0.05) is 24.3 Å². The van der Waals surface area contributed by atoms with E-state index in [1.807, 2.05) is 36.1 Å². The van der Waals surface area contributed by atoms with Crippen LogP contribution in [-0.2, 0) is 6.18 Å².